The Morgan fingerprint density at radius 3 is 2.22 bits per heavy atom. The number of halogens is 1. The quantitative estimate of drug-likeness (QED) is 0.163. The number of benzene rings is 3. The molecule has 6 heteroatoms. The average molecular weight is 471 g/mol. The molecule has 0 radical (unpaired) electrons. The summed E-state index contributed by atoms with van der Waals surface area (Å²) in [4.78, 5) is 14.6. The maximum atomic E-state index is 12.4. The zero-order chi connectivity index (χ0) is 19.2. The van der Waals surface area contributed by atoms with Crippen molar-refractivity contribution in [3.63, 3.8) is 0 Å². The van der Waals surface area contributed by atoms with Crippen LogP contribution in [0.5, 0.6) is 0 Å². The van der Waals surface area contributed by atoms with Crippen molar-refractivity contribution in [2.45, 2.75) is 0 Å². The minimum absolute atomic E-state index is 0.203. The molecule has 3 aromatic rings. The van der Waals surface area contributed by atoms with E-state index in [0.717, 1.165) is 22.4 Å². The van der Waals surface area contributed by atoms with Gasteiger partial charge in [-0.1, -0.05) is 0 Å². The average Bonchev–Trinajstić information content (AvgIpc) is 2.69. The zero-order valence-corrected chi connectivity index (χ0v) is 17.0. The second-order valence-electron chi connectivity index (χ2n) is 5.87. The first-order valence-corrected chi connectivity index (χ1v) is 11.5. The molecule has 27 heavy (non-hydrogen) atoms. The number of hydrogen-bond donors (Lipinski definition) is 3. The van der Waals surface area contributed by atoms with E-state index in [9.17, 15) is 4.79 Å². The molecule has 0 saturated heterocycles. The standard InChI is InChI=1S/C21H20IN4O/c1-22-20-12-16(6-11-19(20)15-4-9-18(24)10-5-15)21(27)26-25-13-14-2-7-17(23)8-3-14/h2-13H,23-24H2,1H3,(H,26,27)/q-1/b25-13+. The Labute approximate surface area is 168 Å². The van der Waals surface area contributed by atoms with Crippen LogP contribution in [0.3, 0.4) is 0 Å². The van der Waals surface area contributed by atoms with Gasteiger partial charge >= 0.3 is 169 Å². The van der Waals surface area contributed by atoms with Crippen molar-refractivity contribution in [3.05, 3.63) is 81.4 Å². The molecule has 0 aliphatic heterocycles. The summed E-state index contributed by atoms with van der Waals surface area (Å²) in [6.07, 6.45) is 1.59. The van der Waals surface area contributed by atoms with Crippen molar-refractivity contribution >= 4 is 23.5 Å². The summed E-state index contributed by atoms with van der Waals surface area (Å²) in [6, 6.07) is 20.8. The number of rotatable bonds is 5. The molecule has 3 aromatic carbocycles. The van der Waals surface area contributed by atoms with Crippen LogP contribution in [0.2, 0.25) is 0 Å². The van der Waals surface area contributed by atoms with Gasteiger partial charge in [0, 0.05) is 0 Å². The fourth-order valence-electron chi connectivity index (χ4n) is 2.52. The number of carbonyl (C=O) groups is 1. The van der Waals surface area contributed by atoms with Gasteiger partial charge in [0.1, 0.15) is 0 Å². The van der Waals surface area contributed by atoms with Gasteiger partial charge in [0.15, 0.2) is 0 Å². The van der Waals surface area contributed by atoms with Crippen LogP contribution >= 0.6 is 0 Å². The molecule has 0 heterocycles. The van der Waals surface area contributed by atoms with Gasteiger partial charge in [0.2, 0.25) is 0 Å². The molecule has 5 nitrogen and oxygen atoms in total. The van der Waals surface area contributed by atoms with E-state index in [4.69, 9.17) is 11.5 Å². The third-order valence-electron chi connectivity index (χ3n) is 3.97. The van der Waals surface area contributed by atoms with Crippen molar-refractivity contribution in [3.8, 4) is 11.1 Å². The maximum absolute atomic E-state index is 12.4. The molecule has 0 unspecified atom stereocenters. The first kappa shape index (κ1) is 18.9. The van der Waals surface area contributed by atoms with E-state index in [2.05, 4.69) is 15.5 Å². The third-order valence-corrected chi connectivity index (χ3v) is 6.03. The van der Waals surface area contributed by atoms with E-state index in [1.165, 1.54) is 3.57 Å². The second-order valence-corrected chi connectivity index (χ2v) is 8.11. The van der Waals surface area contributed by atoms with Crippen LogP contribution in [0.25, 0.3) is 11.1 Å². The van der Waals surface area contributed by atoms with E-state index in [1.807, 2.05) is 54.6 Å². The zero-order valence-electron chi connectivity index (χ0n) is 14.8. The number of hydrogen-bond acceptors (Lipinski definition) is 4. The monoisotopic (exact) mass is 471 g/mol. The molecule has 3 rings (SSSR count). The van der Waals surface area contributed by atoms with Crippen LogP contribution in [-0.4, -0.2) is 17.1 Å². The van der Waals surface area contributed by atoms with Crippen LogP contribution in [-0.2, 0) is 0 Å². The van der Waals surface area contributed by atoms with Gasteiger partial charge in [-0.05, 0) is 0 Å². The minimum atomic E-state index is -0.232. The molecule has 0 bridgehead atoms. The van der Waals surface area contributed by atoms with Crippen LogP contribution in [0.4, 0.5) is 11.4 Å². The van der Waals surface area contributed by atoms with E-state index < -0.39 is 0 Å². The van der Waals surface area contributed by atoms with Gasteiger partial charge in [0.25, 0.3) is 0 Å². The second kappa shape index (κ2) is 8.68. The van der Waals surface area contributed by atoms with Gasteiger partial charge in [-0.25, -0.2) is 0 Å². The van der Waals surface area contributed by atoms with E-state index in [-0.39, 0.29) is 27.1 Å². The topological polar surface area (TPSA) is 93.5 Å². The fraction of sp³-hybridized carbons (Fsp3) is 0.0476. The number of hydrazone groups is 1. The van der Waals surface area contributed by atoms with Crippen LogP contribution < -0.4 is 38.1 Å². The number of anilines is 2. The molecule has 0 aliphatic rings. The first-order valence-electron chi connectivity index (χ1n) is 8.25. The van der Waals surface area contributed by atoms with Gasteiger partial charge in [-0.2, -0.15) is 0 Å². The number of nitrogens with one attached hydrogen (secondary N) is 1. The van der Waals surface area contributed by atoms with E-state index in [1.54, 1.807) is 18.3 Å². The summed E-state index contributed by atoms with van der Waals surface area (Å²) in [5.41, 5.74) is 19.1. The molecular formula is C21H20IN4O-. The van der Waals surface area contributed by atoms with E-state index >= 15 is 0 Å². The van der Waals surface area contributed by atoms with Crippen molar-refractivity contribution in [1.29, 1.82) is 0 Å². The first-order chi connectivity index (χ1) is 13.1. The predicted molar refractivity (Wildman–Crippen MR) is 107 cm³/mol. The van der Waals surface area contributed by atoms with Gasteiger partial charge in [-0.15, -0.1) is 0 Å². The Hall–Kier alpha value is -2.87. The normalized spacial score (nSPS) is 11.0. The molecule has 5 N–H and O–H groups in total. The van der Waals surface area contributed by atoms with Crippen molar-refractivity contribution < 1.29 is 26.0 Å². The van der Waals surface area contributed by atoms with E-state index in [0.29, 0.717) is 11.3 Å². The summed E-state index contributed by atoms with van der Waals surface area (Å²) in [6.45, 7) is 0. The van der Waals surface area contributed by atoms with Crippen molar-refractivity contribution in [2.24, 2.45) is 5.10 Å². The number of amides is 1. The summed E-state index contributed by atoms with van der Waals surface area (Å²) in [5.74, 6) is -0.232. The molecule has 0 spiro atoms. The Bertz CT molecular complexity index is 966. The Morgan fingerprint density at radius 1 is 0.963 bits per heavy atom. The number of nitrogens with zero attached hydrogens (tertiary/aromatic N) is 1. The molecule has 0 atom stereocenters. The molecule has 0 aliphatic carbocycles. The molecule has 1 amide bonds. The number of alkyl halides is 1. The molecule has 0 fully saturated rings. The van der Waals surface area contributed by atoms with Crippen LogP contribution in [0, 0.1) is 3.57 Å². The fourth-order valence-corrected chi connectivity index (χ4v) is 4.24. The van der Waals surface area contributed by atoms with Crippen molar-refractivity contribution in [1.82, 2.24) is 5.43 Å². The number of carbonyl (C=O) groups excluding carboxylic acids is 1. The summed E-state index contributed by atoms with van der Waals surface area (Å²) >= 11 is -0.203. The van der Waals surface area contributed by atoms with Crippen LogP contribution in [0.1, 0.15) is 15.9 Å². The molecule has 0 aromatic heterocycles. The molecule has 0 saturated carbocycles. The summed E-state index contributed by atoms with van der Waals surface area (Å²) in [5, 5.41) is 4.02. The Balaban J connectivity index is 1.75. The predicted octanol–water partition coefficient (Wildman–Crippen LogP) is 0.170. The summed E-state index contributed by atoms with van der Waals surface area (Å²) < 4.78 is 1.20. The van der Waals surface area contributed by atoms with Gasteiger partial charge < -0.3 is 0 Å². The molecule has 138 valence electrons. The van der Waals surface area contributed by atoms with Crippen LogP contribution in [0.15, 0.2) is 71.8 Å². The number of nitrogen functional groups attached to an aromatic ring is 2. The SMILES string of the molecule is C[I-]c1cc(C(=O)N/N=C/c2ccc(N)cc2)ccc1-c1ccc(N)cc1. The Kier molecular flexibility index (Phi) is 6.08. The number of nitrogens with two attached hydrogens (primary N) is 2. The van der Waals surface area contributed by atoms with Gasteiger partial charge in [0.05, 0.1) is 0 Å². The third kappa shape index (κ3) is 4.85. The van der Waals surface area contributed by atoms with Gasteiger partial charge in [-0.3, -0.25) is 0 Å². The van der Waals surface area contributed by atoms with Crippen molar-refractivity contribution in [2.75, 3.05) is 16.4 Å². The molecular weight excluding hydrogens is 451 g/mol. The summed E-state index contributed by atoms with van der Waals surface area (Å²) in [7, 11) is 0. The Morgan fingerprint density at radius 2 is 1.59 bits per heavy atom.